The van der Waals surface area contributed by atoms with Crippen molar-refractivity contribution in [2.75, 3.05) is 0 Å². The number of hydrogen-bond acceptors (Lipinski definition) is 5. The Balaban J connectivity index is 1.66. The highest BCUT2D eigenvalue weighted by Crippen LogP contribution is 2.58. The Bertz CT molecular complexity index is 1230. The van der Waals surface area contributed by atoms with E-state index in [0.717, 1.165) is 18.4 Å². The van der Waals surface area contributed by atoms with Gasteiger partial charge in [-0.2, -0.15) is 0 Å². The third-order valence-electron chi connectivity index (χ3n) is 9.71. The van der Waals surface area contributed by atoms with Crippen molar-refractivity contribution in [2.45, 2.75) is 105 Å². The molecule has 2 saturated heterocycles. The van der Waals surface area contributed by atoms with Gasteiger partial charge in [-0.05, 0) is 77.3 Å². The van der Waals surface area contributed by atoms with Crippen molar-refractivity contribution in [3.63, 3.8) is 0 Å². The van der Waals surface area contributed by atoms with Crippen LogP contribution in [0.4, 0.5) is 0 Å². The lowest BCUT2D eigenvalue weighted by atomic mass is 9.54. The van der Waals surface area contributed by atoms with Crippen molar-refractivity contribution >= 4 is 17.6 Å². The quantitative estimate of drug-likeness (QED) is 0.245. The number of ketones is 1. The summed E-state index contributed by atoms with van der Waals surface area (Å²) < 4.78 is 12.5. The van der Waals surface area contributed by atoms with Crippen LogP contribution in [0.5, 0.6) is 0 Å². The van der Waals surface area contributed by atoms with Crippen molar-refractivity contribution in [2.24, 2.45) is 29.1 Å². The van der Waals surface area contributed by atoms with Gasteiger partial charge in [-0.15, -0.1) is 0 Å². The third kappa shape index (κ3) is 4.81. The van der Waals surface area contributed by atoms with E-state index in [-0.39, 0.29) is 60.0 Å². The Kier molecular flexibility index (Phi) is 7.73. The number of carbonyl (C=O) groups excluding carboxylic acids is 3. The van der Waals surface area contributed by atoms with Gasteiger partial charge < -0.3 is 9.47 Å². The maximum absolute atomic E-state index is 14.9. The molecule has 0 aromatic heterocycles. The topological polar surface area (TPSA) is 72.9 Å². The molecule has 40 heavy (non-hydrogen) atoms. The van der Waals surface area contributed by atoms with E-state index < -0.39 is 17.1 Å². The SMILES string of the molecule is CC1=C[C@H]2/C=C(\C)CC[C@@H]3OC(C)(C)O[C@H]3CCC(=O)[C@]23C(=O)N(C(=O)c2ccccc2)[C@@H](CC(C)C)[C@@H]3[C@H]1C. The molecule has 7 atom stereocenters. The van der Waals surface area contributed by atoms with Crippen LogP contribution in [0.3, 0.4) is 0 Å². The first-order valence-electron chi connectivity index (χ1n) is 15.0. The Morgan fingerprint density at radius 1 is 1.00 bits per heavy atom. The van der Waals surface area contributed by atoms with Gasteiger partial charge in [0.2, 0.25) is 5.91 Å². The van der Waals surface area contributed by atoms with Crippen LogP contribution in [0.25, 0.3) is 0 Å². The average molecular weight is 548 g/mol. The van der Waals surface area contributed by atoms with Crippen LogP contribution < -0.4 is 0 Å². The fourth-order valence-electron chi connectivity index (χ4n) is 7.91. The van der Waals surface area contributed by atoms with Gasteiger partial charge in [-0.3, -0.25) is 19.3 Å². The number of hydrogen-bond donors (Lipinski definition) is 0. The van der Waals surface area contributed by atoms with Gasteiger partial charge in [0.15, 0.2) is 5.79 Å². The second-order valence-corrected chi connectivity index (χ2v) is 13.4. The summed E-state index contributed by atoms with van der Waals surface area (Å²) in [5, 5.41) is 0. The van der Waals surface area contributed by atoms with E-state index in [1.807, 2.05) is 32.0 Å². The van der Waals surface area contributed by atoms with Gasteiger partial charge in [0, 0.05) is 29.9 Å². The Labute approximate surface area is 239 Å². The predicted molar refractivity (Wildman–Crippen MR) is 154 cm³/mol. The molecule has 6 heteroatoms. The smallest absolute Gasteiger partial charge is 0.260 e. The normalized spacial score (nSPS) is 37.1. The number of carbonyl (C=O) groups is 3. The molecule has 0 N–H and O–H groups in total. The zero-order valence-corrected chi connectivity index (χ0v) is 25.1. The summed E-state index contributed by atoms with van der Waals surface area (Å²) in [5.74, 6) is -1.86. The molecule has 4 aliphatic rings. The number of imide groups is 1. The van der Waals surface area contributed by atoms with E-state index in [2.05, 4.69) is 46.8 Å². The molecule has 1 spiro atoms. The van der Waals surface area contributed by atoms with Crippen molar-refractivity contribution in [3.8, 4) is 0 Å². The molecule has 5 rings (SSSR count). The van der Waals surface area contributed by atoms with Gasteiger partial charge in [0.1, 0.15) is 11.2 Å². The van der Waals surface area contributed by atoms with E-state index in [9.17, 15) is 14.4 Å². The number of likely N-dealkylation sites (tertiary alicyclic amines) is 1. The molecule has 0 unspecified atom stereocenters. The molecule has 2 aliphatic carbocycles. The summed E-state index contributed by atoms with van der Waals surface area (Å²) >= 11 is 0. The van der Waals surface area contributed by atoms with E-state index in [1.165, 1.54) is 10.5 Å². The second kappa shape index (κ2) is 10.7. The lowest BCUT2D eigenvalue weighted by Crippen LogP contribution is -2.52. The standard InChI is InChI=1S/C34H45NO5/c1-20(2)17-26-30-23(5)22(4)19-25-18-21(3)13-14-27-28(40-33(6,7)39-27)15-16-29(36)34(25,30)32(38)35(26)31(37)24-11-9-8-10-12-24/h8-12,18-20,23,25-28,30H,13-17H2,1-7H3/b21-18+/t23-,25+,26-,27-,28-,30-,34+/m0/s1. The van der Waals surface area contributed by atoms with Crippen LogP contribution >= 0.6 is 0 Å². The van der Waals surface area contributed by atoms with Gasteiger partial charge in [0.05, 0.1) is 12.2 Å². The summed E-state index contributed by atoms with van der Waals surface area (Å²) in [7, 11) is 0. The maximum Gasteiger partial charge on any atom is 0.260 e. The van der Waals surface area contributed by atoms with Crippen molar-refractivity contribution in [1.29, 1.82) is 0 Å². The van der Waals surface area contributed by atoms with Gasteiger partial charge in [-0.1, -0.05) is 62.3 Å². The first-order valence-corrected chi connectivity index (χ1v) is 15.0. The maximum atomic E-state index is 14.9. The highest BCUT2D eigenvalue weighted by molar-refractivity contribution is 6.17. The van der Waals surface area contributed by atoms with Crippen LogP contribution in [0, 0.1) is 29.1 Å². The summed E-state index contributed by atoms with van der Waals surface area (Å²) in [6.45, 7) is 14.4. The molecule has 1 aromatic rings. The Hall–Kier alpha value is -2.57. The molecule has 0 saturated carbocycles. The molecule has 6 nitrogen and oxygen atoms in total. The fourth-order valence-corrected chi connectivity index (χ4v) is 7.91. The molecule has 0 bridgehead atoms. The summed E-state index contributed by atoms with van der Waals surface area (Å²) in [4.78, 5) is 45.2. The van der Waals surface area contributed by atoms with Crippen LogP contribution in [0.2, 0.25) is 0 Å². The minimum Gasteiger partial charge on any atom is -0.345 e. The summed E-state index contributed by atoms with van der Waals surface area (Å²) in [6, 6.07) is 8.66. The van der Waals surface area contributed by atoms with Crippen molar-refractivity contribution < 1.29 is 23.9 Å². The molecule has 2 aliphatic heterocycles. The lowest BCUT2D eigenvalue weighted by molar-refractivity contribution is -0.152. The van der Waals surface area contributed by atoms with E-state index >= 15 is 0 Å². The number of allylic oxidation sites excluding steroid dienone is 4. The molecular formula is C34H45NO5. The van der Waals surface area contributed by atoms with Crippen LogP contribution in [-0.4, -0.2) is 46.5 Å². The van der Waals surface area contributed by atoms with Gasteiger partial charge >= 0.3 is 0 Å². The van der Waals surface area contributed by atoms with Crippen molar-refractivity contribution in [1.82, 2.24) is 4.90 Å². The molecule has 0 radical (unpaired) electrons. The molecule has 2 amide bonds. The number of rotatable bonds is 3. The Morgan fingerprint density at radius 2 is 1.62 bits per heavy atom. The van der Waals surface area contributed by atoms with Crippen LogP contribution in [0.15, 0.2) is 53.6 Å². The average Bonchev–Trinajstić information content (AvgIpc) is 3.33. The number of nitrogens with zero attached hydrogens (tertiary/aromatic N) is 1. The van der Waals surface area contributed by atoms with Crippen LogP contribution in [-0.2, 0) is 19.1 Å². The monoisotopic (exact) mass is 547 g/mol. The largest absolute Gasteiger partial charge is 0.345 e. The van der Waals surface area contributed by atoms with Gasteiger partial charge in [0.25, 0.3) is 5.91 Å². The first kappa shape index (κ1) is 28.9. The number of fused-ring (bicyclic) bond motifs is 1. The van der Waals surface area contributed by atoms with Gasteiger partial charge in [-0.25, -0.2) is 0 Å². The van der Waals surface area contributed by atoms with E-state index in [0.29, 0.717) is 18.4 Å². The predicted octanol–water partition coefficient (Wildman–Crippen LogP) is 6.51. The molecule has 2 fully saturated rings. The molecular weight excluding hydrogens is 502 g/mol. The summed E-state index contributed by atoms with van der Waals surface area (Å²) in [5.41, 5.74) is 1.47. The number of ether oxygens (including phenoxy) is 2. The van der Waals surface area contributed by atoms with E-state index in [4.69, 9.17) is 9.47 Å². The zero-order chi connectivity index (χ0) is 29.0. The first-order chi connectivity index (χ1) is 18.9. The van der Waals surface area contributed by atoms with Crippen molar-refractivity contribution in [3.05, 3.63) is 59.2 Å². The number of amides is 2. The second-order valence-electron chi connectivity index (χ2n) is 13.4. The fraction of sp³-hybridized carbons (Fsp3) is 0.618. The summed E-state index contributed by atoms with van der Waals surface area (Å²) in [6.07, 6.45) is 6.95. The molecule has 1 aromatic carbocycles. The number of benzene rings is 1. The minimum absolute atomic E-state index is 0.0157. The van der Waals surface area contributed by atoms with E-state index in [1.54, 1.807) is 12.1 Å². The minimum atomic E-state index is -1.32. The molecule has 216 valence electrons. The lowest BCUT2D eigenvalue weighted by Gasteiger charge is -2.45. The highest BCUT2D eigenvalue weighted by Gasteiger charge is 2.69. The Morgan fingerprint density at radius 3 is 2.25 bits per heavy atom. The van der Waals surface area contributed by atoms with Crippen LogP contribution in [0.1, 0.15) is 90.9 Å². The zero-order valence-electron chi connectivity index (χ0n) is 25.1. The number of Topliss-reactive ketones (excluding diaryl/α,β-unsaturated/α-hetero) is 1. The third-order valence-corrected chi connectivity index (χ3v) is 9.71. The highest BCUT2D eigenvalue weighted by atomic mass is 16.7. The molecule has 2 heterocycles.